The van der Waals surface area contributed by atoms with Crippen LogP contribution < -0.4 is 4.90 Å². The van der Waals surface area contributed by atoms with Gasteiger partial charge in [0.1, 0.15) is 11.6 Å². The van der Waals surface area contributed by atoms with E-state index in [1.165, 1.54) is 25.2 Å². The number of likely N-dealkylation sites (tertiary alicyclic amines) is 1. The average molecular weight is 341 g/mol. The number of hydrogen-bond acceptors (Lipinski definition) is 6. The van der Waals surface area contributed by atoms with Crippen molar-refractivity contribution >= 4 is 5.95 Å². The van der Waals surface area contributed by atoms with Gasteiger partial charge in [0.2, 0.25) is 5.95 Å². The molecule has 7 heteroatoms. The minimum atomic E-state index is 0.504. The third-order valence-electron chi connectivity index (χ3n) is 5.30. The SMILES string of the molecule is Cc1cc(C)nc(N2CCc3nnc(C4CCCN(C)C4)n3CC2)n1. The second kappa shape index (κ2) is 6.71. The van der Waals surface area contributed by atoms with Crippen molar-refractivity contribution in [1.82, 2.24) is 29.6 Å². The number of rotatable bonds is 2. The van der Waals surface area contributed by atoms with Crippen LogP contribution in [-0.4, -0.2) is 62.9 Å². The Bertz CT molecular complexity index is 734. The quantitative estimate of drug-likeness (QED) is 0.826. The number of piperidine rings is 1. The lowest BCUT2D eigenvalue weighted by Gasteiger charge is -2.29. The van der Waals surface area contributed by atoms with Crippen LogP contribution in [0, 0.1) is 13.8 Å². The van der Waals surface area contributed by atoms with E-state index in [1.54, 1.807) is 0 Å². The minimum Gasteiger partial charge on any atom is -0.339 e. The summed E-state index contributed by atoms with van der Waals surface area (Å²) in [5, 5.41) is 9.07. The lowest BCUT2D eigenvalue weighted by atomic mass is 9.97. The highest BCUT2D eigenvalue weighted by molar-refractivity contribution is 5.33. The fraction of sp³-hybridized carbons (Fsp3) is 0.667. The molecule has 1 fully saturated rings. The van der Waals surface area contributed by atoms with Gasteiger partial charge in [-0.1, -0.05) is 0 Å². The Morgan fingerprint density at radius 2 is 1.80 bits per heavy atom. The maximum Gasteiger partial charge on any atom is 0.225 e. The molecule has 1 atom stereocenters. The molecule has 25 heavy (non-hydrogen) atoms. The van der Waals surface area contributed by atoms with E-state index in [-0.39, 0.29) is 0 Å². The summed E-state index contributed by atoms with van der Waals surface area (Å²) in [6, 6.07) is 2.02. The molecule has 0 aromatic carbocycles. The van der Waals surface area contributed by atoms with Crippen LogP contribution in [0.25, 0.3) is 0 Å². The van der Waals surface area contributed by atoms with Crippen LogP contribution >= 0.6 is 0 Å². The highest BCUT2D eigenvalue weighted by atomic mass is 15.3. The van der Waals surface area contributed by atoms with Gasteiger partial charge in [-0.15, -0.1) is 10.2 Å². The molecule has 2 aromatic rings. The van der Waals surface area contributed by atoms with E-state index in [4.69, 9.17) is 0 Å². The molecule has 134 valence electrons. The molecule has 2 aromatic heterocycles. The monoisotopic (exact) mass is 341 g/mol. The van der Waals surface area contributed by atoms with Crippen molar-refractivity contribution in [3.63, 3.8) is 0 Å². The molecule has 2 aliphatic heterocycles. The van der Waals surface area contributed by atoms with E-state index in [0.29, 0.717) is 5.92 Å². The summed E-state index contributed by atoms with van der Waals surface area (Å²) >= 11 is 0. The van der Waals surface area contributed by atoms with Crippen molar-refractivity contribution in [1.29, 1.82) is 0 Å². The van der Waals surface area contributed by atoms with Crippen LogP contribution in [0.2, 0.25) is 0 Å². The van der Waals surface area contributed by atoms with E-state index in [1.807, 2.05) is 19.9 Å². The lowest BCUT2D eigenvalue weighted by molar-refractivity contribution is 0.242. The summed E-state index contributed by atoms with van der Waals surface area (Å²) in [6.07, 6.45) is 3.35. The van der Waals surface area contributed by atoms with Gasteiger partial charge < -0.3 is 14.4 Å². The van der Waals surface area contributed by atoms with Crippen molar-refractivity contribution in [2.45, 2.75) is 45.6 Å². The maximum atomic E-state index is 4.63. The average Bonchev–Trinajstić information content (AvgIpc) is 2.85. The van der Waals surface area contributed by atoms with Crippen LogP contribution in [-0.2, 0) is 13.0 Å². The number of aryl methyl sites for hydroxylation is 2. The van der Waals surface area contributed by atoms with Crippen molar-refractivity contribution in [2.24, 2.45) is 0 Å². The molecule has 0 amide bonds. The number of likely N-dealkylation sites (N-methyl/N-ethyl adjacent to an activating group) is 1. The first-order chi connectivity index (χ1) is 12.1. The summed E-state index contributed by atoms with van der Waals surface area (Å²) in [7, 11) is 2.20. The molecule has 0 bridgehead atoms. The second-order valence-electron chi connectivity index (χ2n) is 7.42. The largest absolute Gasteiger partial charge is 0.339 e. The number of nitrogens with zero attached hydrogens (tertiary/aromatic N) is 7. The molecule has 0 spiro atoms. The molecule has 1 saturated heterocycles. The van der Waals surface area contributed by atoms with E-state index in [2.05, 4.69) is 41.6 Å². The highest BCUT2D eigenvalue weighted by Gasteiger charge is 2.27. The van der Waals surface area contributed by atoms with Crippen molar-refractivity contribution in [3.8, 4) is 0 Å². The molecule has 4 heterocycles. The van der Waals surface area contributed by atoms with Gasteiger partial charge in [-0.3, -0.25) is 0 Å². The molecular formula is C18H27N7. The predicted octanol–water partition coefficient (Wildman–Crippen LogP) is 1.56. The van der Waals surface area contributed by atoms with Gasteiger partial charge in [0.15, 0.2) is 0 Å². The van der Waals surface area contributed by atoms with Crippen LogP contribution in [0.15, 0.2) is 6.07 Å². The van der Waals surface area contributed by atoms with Crippen molar-refractivity contribution in [3.05, 3.63) is 29.1 Å². The zero-order valence-corrected chi connectivity index (χ0v) is 15.4. The fourth-order valence-corrected chi connectivity index (χ4v) is 4.07. The summed E-state index contributed by atoms with van der Waals surface area (Å²) in [4.78, 5) is 14.0. The molecule has 7 nitrogen and oxygen atoms in total. The number of anilines is 1. The van der Waals surface area contributed by atoms with Gasteiger partial charge in [0, 0.05) is 49.9 Å². The first kappa shape index (κ1) is 16.4. The summed E-state index contributed by atoms with van der Waals surface area (Å²) < 4.78 is 2.35. The van der Waals surface area contributed by atoms with Gasteiger partial charge in [0.25, 0.3) is 0 Å². The maximum absolute atomic E-state index is 4.63. The topological polar surface area (TPSA) is 63.0 Å². The molecule has 1 unspecified atom stereocenters. The molecule has 0 N–H and O–H groups in total. The number of fused-ring (bicyclic) bond motifs is 1. The van der Waals surface area contributed by atoms with Gasteiger partial charge >= 0.3 is 0 Å². The summed E-state index contributed by atoms with van der Waals surface area (Å²) in [6.45, 7) is 9.05. The van der Waals surface area contributed by atoms with E-state index < -0.39 is 0 Å². The third-order valence-corrected chi connectivity index (χ3v) is 5.30. The molecule has 2 aliphatic rings. The highest BCUT2D eigenvalue weighted by Crippen LogP contribution is 2.26. The molecule has 0 saturated carbocycles. The second-order valence-corrected chi connectivity index (χ2v) is 7.42. The van der Waals surface area contributed by atoms with E-state index in [9.17, 15) is 0 Å². The predicted molar refractivity (Wildman–Crippen MR) is 96.9 cm³/mol. The summed E-state index contributed by atoms with van der Waals surface area (Å²) in [5.74, 6) is 3.62. The Balaban J connectivity index is 1.54. The van der Waals surface area contributed by atoms with Gasteiger partial charge in [0.05, 0.1) is 0 Å². The van der Waals surface area contributed by atoms with Crippen LogP contribution in [0.3, 0.4) is 0 Å². The molecule has 0 aliphatic carbocycles. The molecule has 4 rings (SSSR count). The third kappa shape index (κ3) is 3.38. The first-order valence-electron chi connectivity index (χ1n) is 9.28. The van der Waals surface area contributed by atoms with Crippen molar-refractivity contribution < 1.29 is 0 Å². The van der Waals surface area contributed by atoms with Crippen LogP contribution in [0.1, 0.15) is 41.8 Å². The van der Waals surface area contributed by atoms with Crippen LogP contribution in [0.4, 0.5) is 5.95 Å². The molecule has 0 radical (unpaired) electrons. The minimum absolute atomic E-state index is 0.504. The Morgan fingerprint density at radius 3 is 2.56 bits per heavy atom. The Labute approximate surface area is 149 Å². The first-order valence-corrected chi connectivity index (χ1v) is 9.28. The standard InChI is InChI=1S/C18H27N7/c1-13-11-14(2)20-18(19-13)24-8-6-16-21-22-17(25(16)10-9-24)15-5-4-7-23(3)12-15/h11,15H,4-10,12H2,1-3H3. The fourth-order valence-electron chi connectivity index (χ4n) is 4.07. The van der Waals surface area contributed by atoms with Crippen LogP contribution in [0.5, 0.6) is 0 Å². The zero-order chi connectivity index (χ0) is 17.4. The van der Waals surface area contributed by atoms with E-state index >= 15 is 0 Å². The lowest BCUT2D eigenvalue weighted by Crippen LogP contribution is -2.33. The smallest absolute Gasteiger partial charge is 0.225 e. The Kier molecular flexibility index (Phi) is 4.41. The summed E-state index contributed by atoms with van der Waals surface area (Å²) in [5.41, 5.74) is 2.05. The Hall–Kier alpha value is -2.02. The zero-order valence-electron chi connectivity index (χ0n) is 15.4. The number of aromatic nitrogens is 5. The van der Waals surface area contributed by atoms with Gasteiger partial charge in [-0.05, 0) is 46.3 Å². The van der Waals surface area contributed by atoms with Crippen molar-refractivity contribution in [2.75, 3.05) is 38.1 Å². The normalized spacial score (nSPS) is 21.9. The van der Waals surface area contributed by atoms with Gasteiger partial charge in [-0.2, -0.15) is 0 Å². The molecular weight excluding hydrogens is 314 g/mol. The Morgan fingerprint density at radius 1 is 1.00 bits per heavy atom. The number of hydrogen-bond donors (Lipinski definition) is 0. The van der Waals surface area contributed by atoms with Gasteiger partial charge in [-0.25, -0.2) is 9.97 Å². The van der Waals surface area contributed by atoms with E-state index in [0.717, 1.165) is 55.8 Å².